The van der Waals surface area contributed by atoms with Crippen molar-refractivity contribution in [3.8, 4) is 0 Å². The third-order valence-electron chi connectivity index (χ3n) is 0.236. The molecule has 0 amide bonds. The van der Waals surface area contributed by atoms with Gasteiger partial charge in [-0.05, 0) is 0 Å². The van der Waals surface area contributed by atoms with Crippen molar-refractivity contribution in [1.82, 2.24) is 0 Å². The van der Waals surface area contributed by atoms with Gasteiger partial charge in [-0.1, -0.05) is 13.8 Å². The second kappa shape index (κ2) is 15.7. The Morgan fingerprint density at radius 1 is 1.33 bits per heavy atom. The van der Waals surface area contributed by atoms with E-state index in [4.69, 9.17) is 0 Å². The Balaban J connectivity index is -0.0000000800. The Morgan fingerprint density at radius 3 is 1.44 bits per heavy atom. The van der Waals surface area contributed by atoms with Crippen LogP contribution in [0, 0.1) is 12.3 Å². The molecule has 0 fully saturated rings. The van der Waals surface area contributed by atoms with E-state index in [9.17, 15) is 4.79 Å². The van der Waals surface area contributed by atoms with Gasteiger partial charge in [-0.3, -0.25) is 6.29 Å². The van der Waals surface area contributed by atoms with Gasteiger partial charge in [0.15, 0.2) is 0 Å². The van der Waals surface area contributed by atoms with Crippen molar-refractivity contribution in [3.05, 3.63) is 6.42 Å². The Hall–Kier alpha value is 0.164. The Morgan fingerprint density at radius 2 is 1.44 bits per heavy atom. The van der Waals surface area contributed by atoms with E-state index >= 15 is 0 Å². The fourth-order valence-electron chi connectivity index (χ4n) is 0. The SMILES string of the molecule is CC(C)[C-]=O.C[CH-]C.[Ni+2]. The van der Waals surface area contributed by atoms with Crippen LogP contribution in [0.2, 0.25) is 0 Å². The van der Waals surface area contributed by atoms with Gasteiger partial charge in [0.1, 0.15) is 0 Å². The summed E-state index contributed by atoms with van der Waals surface area (Å²) in [6, 6.07) is 0. The molecule has 0 aromatic heterocycles. The van der Waals surface area contributed by atoms with E-state index in [0.717, 1.165) is 0 Å². The molecule has 0 aliphatic rings. The zero-order valence-electron chi connectivity index (χ0n) is 6.38. The second-order valence-electron chi connectivity index (χ2n) is 1.85. The molecule has 0 radical (unpaired) electrons. The summed E-state index contributed by atoms with van der Waals surface area (Å²) in [7, 11) is 0. The Kier molecular flexibility index (Phi) is 28.1. The van der Waals surface area contributed by atoms with Gasteiger partial charge in [0.2, 0.25) is 0 Å². The summed E-state index contributed by atoms with van der Waals surface area (Å²) in [4.78, 5) is 9.38. The molecule has 0 bridgehead atoms. The van der Waals surface area contributed by atoms with Crippen LogP contribution in [-0.2, 0) is 21.3 Å². The molecule has 0 saturated heterocycles. The zero-order valence-corrected chi connectivity index (χ0v) is 7.37. The van der Waals surface area contributed by atoms with Crippen LogP contribution >= 0.6 is 0 Å². The third-order valence-corrected chi connectivity index (χ3v) is 0.236. The van der Waals surface area contributed by atoms with E-state index in [-0.39, 0.29) is 22.4 Å². The van der Waals surface area contributed by atoms with E-state index in [1.54, 1.807) is 20.1 Å². The number of hydrogen-bond acceptors (Lipinski definition) is 1. The largest absolute Gasteiger partial charge is 2.00 e. The Labute approximate surface area is 68.1 Å². The van der Waals surface area contributed by atoms with Gasteiger partial charge < -0.3 is 11.2 Å². The molecule has 1 nitrogen and oxygen atoms in total. The first kappa shape index (κ1) is 16.1. The van der Waals surface area contributed by atoms with Crippen LogP contribution < -0.4 is 0 Å². The minimum atomic E-state index is 0. The van der Waals surface area contributed by atoms with Crippen LogP contribution in [0.25, 0.3) is 0 Å². The Bertz CT molecular complexity index is 44.2. The summed E-state index contributed by atoms with van der Waals surface area (Å²) < 4.78 is 0. The van der Waals surface area contributed by atoms with E-state index in [2.05, 4.69) is 0 Å². The molecule has 2 heteroatoms. The zero-order chi connectivity index (χ0) is 6.99. The molecule has 0 aliphatic heterocycles. The predicted octanol–water partition coefficient (Wildman–Crippen LogP) is 1.98. The van der Waals surface area contributed by atoms with Gasteiger partial charge in [-0.25, -0.2) is 0 Å². The molecule has 0 unspecified atom stereocenters. The van der Waals surface area contributed by atoms with Crippen LogP contribution in [0.4, 0.5) is 0 Å². The van der Waals surface area contributed by atoms with Gasteiger partial charge in [-0.15, -0.1) is 5.92 Å². The van der Waals surface area contributed by atoms with E-state index in [1.807, 2.05) is 20.3 Å². The molecule has 0 atom stereocenters. The second-order valence-corrected chi connectivity index (χ2v) is 1.85. The van der Waals surface area contributed by atoms with E-state index in [0.29, 0.717) is 0 Å². The monoisotopic (exact) mass is 172 g/mol. The standard InChI is InChI=1S/C4H7O.C3H7.Ni/c1-4(2)3-5;1-3-2;/h4H,1-2H3;3H,1-2H3;/q2*-1;+2. The van der Waals surface area contributed by atoms with Crippen LogP contribution in [0.5, 0.6) is 0 Å². The average Bonchev–Trinajstić information content (AvgIpc) is 1.69. The van der Waals surface area contributed by atoms with Crippen molar-refractivity contribution in [2.45, 2.75) is 27.7 Å². The smallest absolute Gasteiger partial charge is 0.542 e. The van der Waals surface area contributed by atoms with E-state index < -0.39 is 0 Å². The minimum Gasteiger partial charge on any atom is -0.542 e. The summed E-state index contributed by atoms with van der Waals surface area (Å²) >= 11 is 0. The molecule has 0 saturated carbocycles. The molecule has 0 aromatic rings. The minimum absolute atomic E-state index is 0. The number of hydrogen-bond donors (Lipinski definition) is 0. The van der Waals surface area contributed by atoms with E-state index in [1.165, 1.54) is 0 Å². The third kappa shape index (κ3) is 66.3. The molecular weight excluding hydrogens is 159 g/mol. The van der Waals surface area contributed by atoms with Crippen molar-refractivity contribution >= 4 is 6.29 Å². The number of rotatable bonds is 1. The van der Waals surface area contributed by atoms with Crippen molar-refractivity contribution < 1.29 is 21.3 Å². The maximum absolute atomic E-state index is 9.38. The van der Waals surface area contributed by atoms with Crippen molar-refractivity contribution in [1.29, 1.82) is 0 Å². The first-order valence-corrected chi connectivity index (χ1v) is 2.80. The summed E-state index contributed by atoms with van der Waals surface area (Å²) in [5.74, 6) is 0.0787. The maximum atomic E-state index is 9.38. The number of carbonyl (C=O) groups excluding carboxylic acids is 1. The first-order chi connectivity index (χ1) is 3.68. The fraction of sp³-hybridized carbons (Fsp3) is 0.714. The van der Waals surface area contributed by atoms with Crippen LogP contribution in [0.1, 0.15) is 27.7 Å². The molecule has 0 spiro atoms. The summed E-state index contributed by atoms with van der Waals surface area (Å²) in [6.45, 7) is 7.60. The molecule has 0 N–H and O–H groups in total. The maximum Gasteiger partial charge on any atom is 2.00 e. The van der Waals surface area contributed by atoms with Gasteiger partial charge in [0.25, 0.3) is 0 Å². The predicted molar refractivity (Wildman–Crippen MR) is 36.2 cm³/mol. The quantitative estimate of drug-likeness (QED) is 0.437. The molecule has 9 heavy (non-hydrogen) atoms. The van der Waals surface area contributed by atoms with Gasteiger partial charge in [0.05, 0.1) is 0 Å². The van der Waals surface area contributed by atoms with Crippen molar-refractivity contribution in [2.24, 2.45) is 5.92 Å². The average molecular weight is 173 g/mol. The molecule has 0 heterocycles. The van der Waals surface area contributed by atoms with Crippen molar-refractivity contribution in [3.63, 3.8) is 0 Å². The van der Waals surface area contributed by atoms with Gasteiger partial charge in [0, 0.05) is 0 Å². The first-order valence-electron chi connectivity index (χ1n) is 2.80. The molecule has 58 valence electrons. The molecule has 0 aromatic carbocycles. The topological polar surface area (TPSA) is 17.1 Å². The van der Waals surface area contributed by atoms with Crippen LogP contribution in [-0.4, -0.2) is 6.29 Å². The summed E-state index contributed by atoms with van der Waals surface area (Å²) in [5.41, 5.74) is 0. The summed E-state index contributed by atoms with van der Waals surface area (Å²) in [6.07, 6.45) is 3.78. The fourth-order valence-corrected chi connectivity index (χ4v) is 0. The normalized spacial score (nSPS) is 6.78. The van der Waals surface area contributed by atoms with Gasteiger partial charge >= 0.3 is 16.5 Å². The summed E-state index contributed by atoms with van der Waals surface area (Å²) in [5, 5.41) is 0. The molecule has 0 rings (SSSR count). The van der Waals surface area contributed by atoms with Crippen LogP contribution in [0.15, 0.2) is 0 Å². The van der Waals surface area contributed by atoms with Gasteiger partial charge in [-0.2, -0.15) is 13.8 Å². The van der Waals surface area contributed by atoms with Crippen molar-refractivity contribution in [2.75, 3.05) is 0 Å². The molecular formula is C7H14NiO. The van der Waals surface area contributed by atoms with Crippen LogP contribution in [0.3, 0.4) is 0 Å². The molecule has 0 aliphatic carbocycles.